The van der Waals surface area contributed by atoms with Gasteiger partial charge in [-0.3, -0.25) is 5.10 Å². The predicted molar refractivity (Wildman–Crippen MR) is 97.0 cm³/mol. The maximum absolute atomic E-state index is 9.52. The average Bonchev–Trinajstić information content (AvgIpc) is 3.24. The standard InChI is InChI=1S/C19H16N4S/c20-10-16-15-8-4-5-9-17(15)24-19(16)21-11-14-12-22-23-18(14)13-6-2-1-3-7-13/h1-3,6-7,11-12H,4-5,8-9H2,(H,22,23). The highest BCUT2D eigenvalue weighted by atomic mass is 32.1. The number of benzene rings is 1. The van der Waals surface area contributed by atoms with Gasteiger partial charge in [0.15, 0.2) is 0 Å². The molecule has 0 fully saturated rings. The van der Waals surface area contributed by atoms with E-state index in [1.165, 1.54) is 23.3 Å². The van der Waals surface area contributed by atoms with Gasteiger partial charge in [0.05, 0.1) is 17.5 Å². The van der Waals surface area contributed by atoms with E-state index in [0.717, 1.165) is 40.2 Å². The highest BCUT2D eigenvalue weighted by molar-refractivity contribution is 7.16. The van der Waals surface area contributed by atoms with Gasteiger partial charge in [-0.2, -0.15) is 10.4 Å². The van der Waals surface area contributed by atoms with E-state index in [4.69, 9.17) is 0 Å². The molecule has 0 spiro atoms. The molecule has 0 amide bonds. The summed E-state index contributed by atoms with van der Waals surface area (Å²) in [7, 11) is 0. The van der Waals surface area contributed by atoms with Crippen LogP contribution in [0.15, 0.2) is 41.5 Å². The fourth-order valence-corrected chi connectivity index (χ4v) is 4.30. The molecule has 1 aromatic carbocycles. The monoisotopic (exact) mass is 332 g/mol. The summed E-state index contributed by atoms with van der Waals surface area (Å²) in [6, 6.07) is 12.4. The van der Waals surface area contributed by atoms with E-state index in [0.29, 0.717) is 0 Å². The van der Waals surface area contributed by atoms with Gasteiger partial charge in [-0.1, -0.05) is 30.3 Å². The molecule has 0 saturated carbocycles. The number of fused-ring (bicyclic) bond motifs is 1. The van der Waals surface area contributed by atoms with Crippen LogP contribution in [-0.4, -0.2) is 16.4 Å². The van der Waals surface area contributed by atoms with E-state index in [1.807, 2.05) is 36.5 Å². The Hall–Kier alpha value is -2.71. The molecule has 2 aromatic heterocycles. The first-order chi connectivity index (χ1) is 11.9. The van der Waals surface area contributed by atoms with E-state index in [2.05, 4.69) is 21.3 Å². The smallest absolute Gasteiger partial charge is 0.134 e. The van der Waals surface area contributed by atoms with E-state index >= 15 is 0 Å². The fourth-order valence-electron chi connectivity index (χ4n) is 3.12. The number of rotatable bonds is 3. The van der Waals surface area contributed by atoms with Gasteiger partial charge < -0.3 is 0 Å². The third-order valence-electron chi connectivity index (χ3n) is 4.32. The number of H-pyrrole nitrogens is 1. The number of thiophene rings is 1. The van der Waals surface area contributed by atoms with Gasteiger partial charge in [-0.05, 0) is 31.2 Å². The van der Waals surface area contributed by atoms with Crippen molar-refractivity contribution in [3.63, 3.8) is 0 Å². The zero-order valence-corrected chi connectivity index (χ0v) is 13.9. The number of nitrogens with one attached hydrogen (secondary N) is 1. The number of nitrogens with zero attached hydrogens (tertiary/aromatic N) is 3. The van der Waals surface area contributed by atoms with Crippen molar-refractivity contribution in [3.05, 3.63) is 58.1 Å². The Labute approximate surface area is 144 Å². The van der Waals surface area contributed by atoms with Gasteiger partial charge in [0.25, 0.3) is 0 Å². The zero-order chi connectivity index (χ0) is 16.4. The molecule has 4 nitrogen and oxygen atoms in total. The largest absolute Gasteiger partial charge is 0.277 e. The lowest BCUT2D eigenvalue weighted by molar-refractivity contribution is 0.696. The Kier molecular flexibility index (Phi) is 3.97. The van der Waals surface area contributed by atoms with E-state index in [-0.39, 0.29) is 0 Å². The van der Waals surface area contributed by atoms with Crippen molar-refractivity contribution in [3.8, 4) is 17.3 Å². The molecule has 0 saturated heterocycles. The Balaban J connectivity index is 1.69. The summed E-state index contributed by atoms with van der Waals surface area (Å²) in [6.45, 7) is 0. The summed E-state index contributed by atoms with van der Waals surface area (Å²) in [5.74, 6) is 0. The first kappa shape index (κ1) is 14.9. The molecule has 24 heavy (non-hydrogen) atoms. The number of hydrogen-bond acceptors (Lipinski definition) is 4. The lowest BCUT2D eigenvalue weighted by atomic mass is 9.96. The maximum atomic E-state index is 9.52. The molecule has 4 rings (SSSR count). The quantitative estimate of drug-likeness (QED) is 0.710. The number of aromatic nitrogens is 2. The summed E-state index contributed by atoms with van der Waals surface area (Å²) in [6.07, 6.45) is 8.04. The minimum atomic E-state index is 0.760. The van der Waals surface area contributed by atoms with Crippen molar-refractivity contribution in [2.45, 2.75) is 25.7 Å². The van der Waals surface area contributed by atoms with Crippen molar-refractivity contribution in [2.24, 2.45) is 4.99 Å². The van der Waals surface area contributed by atoms with Crippen LogP contribution < -0.4 is 0 Å². The van der Waals surface area contributed by atoms with Crippen LogP contribution in [0.3, 0.4) is 0 Å². The van der Waals surface area contributed by atoms with Gasteiger partial charge in [0.2, 0.25) is 0 Å². The Morgan fingerprint density at radius 3 is 2.88 bits per heavy atom. The van der Waals surface area contributed by atoms with Gasteiger partial charge >= 0.3 is 0 Å². The first-order valence-electron chi connectivity index (χ1n) is 8.04. The summed E-state index contributed by atoms with van der Waals surface area (Å²) < 4.78 is 0. The number of aromatic amines is 1. The van der Waals surface area contributed by atoms with Crippen LogP contribution in [0.5, 0.6) is 0 Å². The lowest BCUT2D eigenvalue weighted by Crippen LogP contribution is -1.99. The molecule has 3 aromatic rings. The van der Waals surface area contributed by atoms with Crippen LogP contribution in [0.2, 0.25) is 0 Å². The van der Waals surface area contributed by atoms with Crippen molar-refractivity contribution in [2.75, 3.05) is 0 Å². The van der Waals surface area contributed by atoms with E-state index < -0.39 is 0 Å². The van der Waals surface area contributed by atoms with E-state index in [1.54, 1.807) is 17.5 Å². The topological polar surface area (TPSA) is 64.8 Å². The molecule has 0 atom stereocenters. The third kappa shape index (κ3) is 2.66. The maximum Gasteiger partial charge on any atom is 0.134 e. The fraction of sp³-hybridized carbons (Fsp3) is 0.211. The number of aliphatic imine (C=N–C) groups is 1. The highest BCUT2D eigenvalue weighted by Gasteiger charge is 2.20. The van der Waals surface area contributed by atoms with Gasteiger partial charge in [0.1, 0.15) is 11.1 Å². The summed E-state index contributed by atoms with van der Waals surface area (Å²) in [5, 5.41) is 17.5. The number of aryl methyl sites for hydroxylation is 1. The van der Waals surface area contributed by atoms with Crippen LogP contribution in [0, 0.1) is 11.3 Å². The average molecular weight is 332 g/mol. The minimum absolute atomic E-state index is 0.760. The van der Waals surface area contributed by atoms with Crippen molar-refractivity contribution in [1.29, 1.82) is 5.26 Å². The molecule has 0 bridgehead atoms. The third-order valence-corrected chi connectivity index (χ3v) is 5.52. The second kappa shape index (κ2) is 6.42. The van der Waals surface area contributed by atoms with E-state index in [9.17, 15) is 5.26 Å². The molecule has 5 heteroatoms. The molecule has 118 valence electrons. The van der Waals surface area contributed by atoms with Crippen molar-refractivity contribution < 1.29 is 0 Å². The predicted octanol–water partition coefficient (Wildman–Crippen LogP) is 4.64. The highest BCUT2D eigenvalue weighted by Crippen LogP contribution is 2.39. The number of hydrogen-bond donors (Lipinski definition) is 1. The molecule has 1 N–H and O–H groups in total. The SMILES string of the molecule is N#Cc1c(N=Cc2cn[nH]c2-c2ccccc2)sc2c1CCCC2. The molecule has 0 aliphatic heterocycles. The normalized spacial score (nSPS) is 13.8. The van der Waals surface area contributed by atoms with Crippen molar-refractivity contribution in [1.82, 2.24) is 10.2 Å². The van der Waals surface area contributed by atoms with Crippen LogP contribution in [0.25, 0.3) is 11.3 Å². The van der Waals surface area contributed by atoms with Gasteiger partial charge in [-0.15, -0.1) is 11.3 Å². The summed E-state index contributed by atoms with van der Waals surface area (Å²) in [4.78, 5) is 5.96. The molecule has 2 heterocycles. The molecular weight excluding hydrogens is 316 g/mol. The second-order valence-electron chi connectivity index (χ2n) is 5.83. The van der Waals surface area contributed by atoms with Gasteiger partial charge in [0, 0.05) is 22.2 Å². The van der Waals surface area contributed by atoms with Crippen LogP contribution in [-0.2, 0) is 12.8 Å². The molecule has 1 aliphatic carbocycles. The summed E-state index contributed by atoms with van der Waals surface area (Å²) >= 11 is 1.66. The Morgan fingerprint density at radius 1 is 1.21 bits per heavy atom. The molecule has 0 radical (unpaired) electrons. The molecule has 0 unspecified atom stereocenters. The zero-order valence-electron chi connectivity index (χ0n) is 13.1. The Bertz CT molecular complexity index is 928. The number of nitriles is 1. The van der Waals surface area contributed by atoms with Crippen LogP contribution in [0.1, 0.15) is 34.4 Å². The summed E-state index contributed by atoms with van der Waals surface area (Å²) in [5.41, 5.74) is 4.92. The first-order valence-corrected chi connectivity index (χ1v) is 8.86. The van der Waals surface area contributed by atoms with Gasteiger partial charge in [-0.25, -0.2) is 4.99 Å². The molecular formula is C19H16N4S. The van der Waals surface area contributed by atoms with Crippen LogP contribution >= 0.6 is 11.3 Å². The molecule has 1 aliphatic rings. The Morgan fingerprint density at radius 2 is 2.04 bits per heavy atom. The second-order valence-corrected chi connectivity index (χ2v) is 6.91. The lowest BCUT2D eigenvalue weighted by Gasteiger charge is -2.09. The van der Waals surface area contributed by atoms with Crippen LogP contribution in [0.4, 0.5) is 5.00 Å². The minimum Gasteiger partial charge on any atom is -0.277 e. The van der Waals surface area contributed by atoms with Crippen molar-refractivity contribution >= 4 is 22.6 Å².